The highest BCUT2D eigenvalue weighted by Crippen LogP contribution is 2.64. The average molecular weight is 1420 g/mol. The van der Waals surface area contributed by atoms with Crippen molar-refractivity contribution in [3.05, 3.63) is 403 Å². The lowest BCUT2D eigenvalue weighted by atomic mass is 9.33. The van der Waals surface area contributed by atoms with Crippen LogP contribution in [0.2, 0.25) is 0 Å². The fourth-order valence-electron chi connectivity index (χ4n) is 18.3. The molecule has 522 valence electrons. The van der Waals surface area contributed by atoms with E-state index in [9.17, 15) is 11.0 Å². The van der Waals surface area contributed by atoms with Gasteiger partial charge >= 0.3 is 0 Å². The van der Waals surface area contributed by atoms with Gasteiger partial charge in [0.2, 0.25) is 0 Å². The number of nitrogens with zero attached hydrogens (tertiary/aromatic N) is 4. The summed E-state index contributed by atoms with van der Waals surface area (Å²) < 4.78 is 79.7. The van der Waals surface area contributed by atoms with Crippen LogP contribution in [-0.4, -0.2) is 11.3 Å². The fraction of sp³-hybridized carbons (Fsp3) is 0.0857. The van der Waals surface area contributed by atoms with E-state index in [0.717, 1.165) is 157 Å². The minimum atomic E-state index is -0.885. The lowest BCUT2D eigenvalue weighted by Crippen LogP contribution is -2.61. The molecule has 17 aromatic rings. The molecule has 0 saturated heterocycles. The second kappa shape index (κ2) is 24.9. The molecule has 4 heterocycles. The molecule has 0 atom stereocenters. The smallest absolute Gasteiger partial charge is 0.252 e. The third-order valence-corrected chi connectivity index (χ3v) is 23.4. The van der Waals surface area contributed by atoms with Gasteiger partial charge in [0.05, 0.1) is 44.5 Å². The number of anilines is 9. The van der Waals surface area contributed by atoms with Gasteiger partial charge in [-0.05, 0) is 224 Å². The van der Waals surface area contributed by atoms with E-state index in [1.165, 1.54) is 11.1 Å². The molecule has 0 radical (unpaired) electrons. The van der Waals surface area contributed by atoms with Crippen molar-refractivity contribution in [1.82, 2.24) is 4.57 Å². The second-order valence-corrected chi connectivity index (χ2v) is 31.8. The van der Waals surface area contributed by atoms with Crippen LogP contribution < -0.4 is 31.1 Å². The van der Waals surface area contributed by atoms with E-state index in [2.05, 4.69) is 353 Å². The van der Waals surface area contributed by atoms with Gasteiger partial charge in [-0.2, -0.15) is 0 Å². The summed E-state index contributed by atoms with van der Waals surface area (Å²) in [7, 11) is 0. The zero-order valence-corrected chi connectivity index (χ0v) is 62.0. The Morgan fingerprint density at radius 1 is 0.273 bits per heavy atom. The number of para-hydroxylation sites is 5. The van der Waals surface area contributed by atoms with E-state index in [1.807, 2.05) is 24.3 Å². The standard InChI is InChI=1S/C105H79BN4/c1-103(2,3)78-56-77(57-79(63-78)104(4,5)6)72-52-53-92-98(62-72)109(81-58-73(68-32-12-7-13-33-68)54-74(59-81)69-34-14-8-15-35-69)100-64-83(108-94-48-28-23-43-85(94)86-44-24-29-49-95(86)108)65-101-102(100)106(92)93-67-91-87(66-99(93)110(101)82-60-75(70-36-16-9-17-37-70)55-76(61-82)71-38-18-10-19-39-71)84-42-22-25-45-88(84)105(91)89-46-26-30-50-96(89)107(80-40-20-11-21-41-80)97-51-31-27-47-90(97)105/h7-67H,1-6H3/i23D,24D,28D,29D,43D,44D,48D,49D. The molecular weight excluding hydrogens is 1330 g/mol. The van der Waals surface area contributed by atoms with Crippen molar-refractivity contribution in [2.45, 2.75) is 57.8 Å². The zero-order valence-electron chi connectivity index (χ0n) is 70.0. The first-order valence-corrected chi connectivity index (χ1v) is 38.1. The molecule has 0 saturated carbocycles. The van der Waals surface area contributed by atoms with Gasteiger partial charge in [-0.15, -0.1) is 0 Å². The summed E-state index contributed by atoms with van der Waals surface area (Å²) in [4.78, 5) is 7.28. The molecular formula is C105H79BN4. The zero-order chi connectivity index (χ0) is 80.7. The Morgan fingerprint density at radius 2 is 0.682 bits per heavy atom. The number of rotatable bonds is 9. The molecule has 21 rings (SSSR count). The fourth-order valence-corrected chi connectivity index (χ4v) is 18.3. The SMILES string of the molecule is [2H]c1c([2H])c([2H])c2c(c1[2H])c1c([2H])c([2H])c([2H])c([2H])c1n2-c1cc2c3c(c1)N(c1cc(-c4ccccc4)cc(-c4ccccc4)c1)c1cc4c(cc1B3c1ccc(-c3cc(C(C)(C)C)cc(C(C)(C)C)c3)cc1N2c1cc(-c2ccccc2)cc(-c2ccccc2)c1)C1(c2ccccc2-4)c2ccccc2N(c2ccccc2)c2ccccc21. The highest BCUT2D eigenvalue weighted by Gasteiger charge is 2.54. The van der Waals surface area contributed by atoms with E-state index in [1.54, 1.807) is 4.57 Å². The molecule has 4 aliphatic rings. The number of fused-ring (bicyclic) bond motifs is 16. The molecule has 0 unspecified atom stereocenters. The van der Waals surface area contributed by atoms with Crippen LogP contribution >= 0.6 is 0 Å². The first-order chi connectivity index (χ1) is 57.1. The summed E-state index contributed by atoms with van der Waals surface area (Å²) >= 11 is 0. The Kier molecular flexibility index (Phi) is 12.9. The lowest BCUT2D eigenvalue weighted by Gasteiger charge is -2.47. The third kappa shape index (κ3) is 10.1. The molecule has 5 heteroatoms. The van der Waals surface area contributed by atoms with Crippen LogP contribution in [0, 0.1) is 0 Å². The molecule has 1 aliphatic carbocycles. The minimum absolute atomic E-state index is 0.00885. The highest BCUT2D eigenvalue weighted by atomic mass is 15.2. The Bertz CT molecular complexity index is 6800. The highest BCUT2D eigenvalue weighted by molar-refractivity contribution is 7.00. The monoisotopic (exact) mass is 1410 g/mol. The van der Waals surface area contributed by atoms with E-state index in [4.69, 9.17) is 0 Å². The molecule has 16 aromatic carbocycles. The number of aromatic nitrogens is 1. The van der Waals surface area contributed by atoms with Gasteiger partial charge in [-0.1, -0.05) is 314 Å². The van der Waals surface area contributed by atoms with Gasteiger partial charge in [-0.3, -0.25) is 0 Å². The van der Waals surface area contributed by atoms with Gasteiger partial charge in [0.15, 0.2) is 0 Å². The van der Waals surface area contributed by atoms with Crippen LogP contribution in [0.4, 0.5) is 51.2 Å². The van der Waals surface area contributed by atoms with Crippen molar-refractivity contribution in [2.75, 3.05) is 14.7 Å². The summed E-state index contributed by atoms with van der Waals surface area (Å²) in [6.07, 6.45) is 0. The molecule has 0 bridgehead atoms. The van der Waals surface area contributed by atoms with Gasteiger partial charge < -0.3 is 19.3 Å². The first-order valence-electron chi connectivity index (χ1n) is 42.1. The summed E-state index contributed by atoms with van der Waals surface area (Å²) in [6.45, 7) is 13.1. The molecule has 1 aromatic heterocycles. The molecule has 0 N–H and O–H groups in total. The van der Waals surface area contributed by atoms with Crippen molar-refractivity contribution in [2.24, 2.45) is 0 Å². The van der Waals surface area contributed by atoms with E-state index < -0.39 is 48.4 Å². The van der Waals surface area contributed by atoms with E-state index >= 15 is 0 Å². The van der Waals surface area contributed by atoms with Crippen molar-refractivity contribution in [3.63, 3.8) is 0 Å². The van der Waals surface area contributed by atoms with Crippen LogP contribution in [-0.2, 0) is 16.2 Å². The average Bonchev–Trinajstić information content (AvgIpc) is 1.41. The Hall–Kier alpha value is -13.2. The molecule has 0 amide bonds. The van der Waals surface area contributed by atoms with Crippen molar-refractivity contribution >= 4 is 96.1 Å². The topological polar surface area (TPSA) is 14.7 Å². The third-order valence-electron chi connectivity index (χ3n) is 23.4. The van der Waals surface area contributed by atoms with Gasteiger partial charge in [-0.25, -0.2) is 0 Å². The Morgan fingerprint density at radius 3 is 1.16 bits per heavy atom. The van der Waals surface area contributed by atoms with Crippen LogP contribution in [0.25, 0.3) is 94.3 Å². The minimum Gasteiger partial charge on any atom is -0.311 e. The number of benzene rings is 16. The van der Waals surface area contributed by atoms with Crippen LogP contribution in [0.15, 0.2) is 370 Å². The summed E-state index contributed by atoms with van der Waals surface area (Å²) in [5.74, 6) is 0. The Labute approximate surface area is 656 Å². The largest absolute Gasteiger partial charge is 0.311 e. The van der Waals surface area contributed by atoms with Crippen molar-refractivity contribution < 1.29 is 11.0 Å². The molecule has 110 heavy (non-hydrogen) atoms. The number of hydrogen-bond donors (Lipinski definition) is 0. The summed E-state index contributed by atoms with van der Waals surface area (Å²) in [5, 5.41) is -0.0177. The normalized spacial score (nSPS) is 14.6. The molecule has 4 nitrogen and oxygen atoms in total. The summed E-state index contributed by atoms with van der Waals surface area (Å²) in [5.41, 5.74) is 29.4. The molecule has 1 spiro atoms. The maximum absolute atomic E-state index is 10.2. The van der Waals surface area contributed by atoms with E-state index in [-0.39, 0.29) is 44.7 Å². The Balaban J connectivity index is 0.971. The lowest BCUT2D eigenvalue weighted by molar-refractivity contribution is 0.569. The summed E-state index contributed by atoms with van der Waals surface area (Å²) in [6, 6.07) is 113. The maximum Gasteiger partial charge on any atom is 0.252 e. The first kappa shape index (κ1) is 57.0. The predicted octanol–water partition coefficient (Wildman–Crippen LogP) is 25.9. The second-order valence-electron chi connectivity index (χ2n) is 31.8. The molecule has 0 fully saturated rings. The maximum atomic E-state index is 10.2. The van der Waals surface area contributed by atoms with Crippen molar-refractivity contribution in [3.8, 4) is 72.4 Å². The van der Waals surface area contributed by atoms with Crippen molar-refractivity contribution in [1.29, 1.82) is 0 Å². The van der Waals surface area contributed by atoms with E-state index in [0.29, 0.717) is 5.69 Å². The van der Waals surface area contributed by atoms with Gasteiger partial charge in [0, 0.05) is 50.6 Å². The quantitative estimate of drug-likeness (QED) is 0.134. The van der Waals surface area contributed by atoms with Crippen LogP contribution in [0.1, 0.15) is 85.9 Å². The van der Waals surface area contributed by atoms with Gasteiger partial charge in [0.1, 0.15) is 0 Å². The van der Waals surface area contributed by atoms with Gasteiger partial charge in [0.25, 0.3) is 6.71 Å². The number of hydrogen-bond acceptors (Lipinski definition) is 3. The van der Waals surface area contributed by atoms with Crippen LogP contribution in [0.5, 0.6) is 0 Å². The predicted molar refractivity (Wildman–Crippen MR) is 465 cm³/mol. The molecule has 3 aliphatic heterocycles. The van der Waals surface area contributed by atoms with Crippen LogP contribution in [0.3, 0.4) is 0 Å².